The number of aromatic nitrogens is 1. The number of carbonyl (C=O) groups excluding carboxylic acids is 1. The van der Waals surface area contributed by atoms with Gasteiger partial charge in [-0.05, 0) is 43.9 Å². The number of morpholine rings is 1. The van der Waals surface area contributed by atoms with Crippen molar-refractivity contribution in [1.82, 2.24) is 14.8 Å². The molecule has 0 aliphatic carbocycles. The average Bonchev–Trinajstić information content (AvgIpc) is 2.78. The summed E-state index contributed by atoms with van der Waals surface area (Å²) in [6, 6.07) is 12.5. The van der Waals surface area contributed by atoms with Crippen LogP contribution in [0.5, 0.6) is 0 Å². The van der Waals surface area contributed by atoms with Crippen LogP contribution in [0.15, 0.2) is 48.7 Å². The van der Waals surface area contributed by atoms with Crippen LogP contribution in [0.2, 0.25) is 0 Å². The van der Waals surface area contributed by atoms with E-state index in [1.165, 1.54) is 5.56 Å². The normalized spacial score (nSPS) is 21.6. The Bertz CT molecular complexity index is 910. The number of carbonyl (C=O) groups is 1. The first-order valence-electron chi connectivity index (χ1n) is 11.0. The van der Waals surface area contributed by atoms with Crippen LogP contribution in [-0.2, 0) is 17.3 Å². The lowest BCUT2D eigenvalue weighted by atomic mass is 9.88. The van der Waals surface area contributed by atoms with E-state index in [0.717, 1.165) is 57.2 Å². The summed E-state index contributed by atoms with van der Waals surface area (Å²) in [6.45, 7) is 5.53. The number of amides is 1. The molecule has 1 atom stereocenters. The minimum absolute atomic E-state index is 0.0301. The van der Waals surface area contributed by atoms with Crippen molar-refractivity contribution in [2.24, 2.45) is 0 Å². The van der Waals surface area contributed by atoms with Crippen LogP contribution in [-0.4, -0.2) is 65.1 Å². The number of hydrogen-bond donors (Lipinski definition) is 0. The SMILES string of the molecule is CC1CN(C(=O)c2ccc(C(F)(F)F)cn2)CC2(CCN(CCc3ccccc3)CC2)O1. The topological polar surface area (TPSA) is 45.7 Å². The summed E-state index contributed by atoms with van der Waals surface area (Å²) in [5.41, 5.74) is 0.0742. The summed E-state index contributed by atoms with van der Waals surface area (Å²) in [5.74, 6) is -0.347. The van der Waals surface area contributed by atoms with Crippen LogP contribution in [0.4, 0.5) is 13.2 Å². The van der Waals surface area contributed by atoms with Gasteiger partial charge in [0.1, 0.15) is 5.69 Å². The van der Waals surface area contributed by atoms with E-state index in [2.05, 4.69) is 34.1 Å². The third-order valence-electron chi connectivity index (χ3n) is 6.33. The number of nitrogens with zero attached hydrogens (tertiary/aromatic N) is 3. The van der Waals surface area contributed by atoms with Gasteiger partial charge in [-0.1, -0.05) is 30.3 Å². The minimum Gasteiger partial charge on any atom is -0.368 e. The second-order valence-electron chi connectivity index (χ2n) is 8.80. The van der Waals surface area contributed by atoms with Crippen molar-refractivity contribution in [3.8, 4) is 0 Å². The van der Waals surface area contributed by atoms with Crippen molar-refractivity contribution >= 4 is 5.91 Å². The fraction of sp³-hybridized carbons (Fsp3) is 0.500. The Morgan fingerprint density at radius 2 is 1.88 bits per heavy atom. The standard InChI is InChI=1S/C24H28F3N3O2/c1-18-16-30(22(31)21-8-7-20(15-28-21)24(25,26)27)17-23(32-18)10-13-29(14-11-23)12-9-19-5-3-2-4-6-19/h2-8,15,18H,9-14,16-17H2,1H3. The van der Waals surface area contributed by atoms with Gasteiger partial charge in [-0.25, -0.2) is 0 Å². The molecule has 2 aromatic rings. The first-order chi connectivity index (χ1) is 15.2. The molecule has 1 unspecified atom stereocenters. The maximum absolute atomic E-state index is 13.0. The lowest BCUT2D eigenvalue weighted by Gasteiger charge is -2.49. The maximum atomic E-state index is 13.0. The van der Waals surface area contributed by atoms with Crippen LogP contribution in [0.3, 0.4) is 0 Å². The second kappa shape index (κ2) is 9.19. The van der Waals surface area contributed by atoms with E-state index in [4.69, 9.17) is 4.74 Å². The quantitative estimate of drug-likeness (QED) is 0.710. The Labute approximate surface area is 186 Å². The molecule has 2 aliphatic heterocycles. The maximum Gasteiger partial charge on any atom is 0.417 e. The molecule has 3 heterocycles. The van der Waals surface area contributed by atoms with E-state index in [1.807, 2.05) is 13.0 Å². The Balaban J connectivity index is 1.36. The van der Waals surface area contributed by atoms with Crippen LogP contribution >= 0.6 is 0 Å². The molecule has 1 aromatic heterocycles. The predicted octanol–water partition coefficient (Wildman–Crippen LogP) is 4.04. The predicted molar refractivity (Wildman–Crippen MR) is 114 cm³/mol. The number of likely N-dealkylation sites (tertiary alicyclic amines) is 1. The molecule has 0 N–H and O–H groups in total. The zero-order valence-corrected chi connectivity index (χ0v) is 18.1. The summed E-state index contributed by atoms with van der Waals surface area (Å²) in [4.78, 5) is 20.9. The zero-order valence-electron chi connectivity index (χ0n) is 18.1. The number of piperidine rings is 1. The average molecular weight is 448 g/mol. The summed E-state index contributed by atoms with van der Waals surface area (Å²) < 4.78 is 44.7. The van der Waals surface area contributed by atoms with Gasteiger partial charge in [0.2, 0.25) is 0 Å². The fourth-order valence-corrected chi connectivity index (χ4v) is 4.62. The van der Waals surface area contributed by atoms with Gasteiger partial charge in [0, 0.05) is 32.4 Å². The molecule has 0 radical (unpaired) electrons. The van der Waals surface area contributed by atoms with Crippen LogP contribution in [0.25, 0.3) is 0 Å². The largest absolute Gasteiger partial charge is 0.417 e. The molecule has 0 bridgehead atoms. The Morgan fingerprint density at radius 1 is 1.16 bits per heavy atom. The molecule has 1 aromatic carbocycles. The monoisotopic (exact) mass is 447 g/mol. The molecule has 2 saturated heterocycles. The minimum atomic E-state index is -4.47. The molecule has 1 spiro atoms. The van der Waals surface area contributed by atoms with Gasteiger partial charge in [-0.3, -0.25) is 9.78 Å². The highest BCUT2D eigenvalue weighted by Crippen LogP contribution is 2.33. The van der Waals surface area contributed by atoms with Crippen LogP contribution in [0.1, 0.15) is 41.4 Å². The highest BCUT2D eigenvalue weighted by atomic mass is 19.4. The molecular weight excluding hydrogens is 419 g/mol. The summed E-state index contributed by atoms with van der Waals surface area (Å²) in [6.07, 6.45) is -1.27. The zero-order chi connectivity index (χ0) is 22.8. The van der Waals surface area contributed by atoms with Gasteiger partial charge in [0.25, 0.3) is 5.91 Å². The molecule has 1 amide bonds. The summed E-state index contributed by atoms with van der Waals surface area (Å²) >= 11 is 0. The molecule has 0 saturated carbocycles. The first kappa shape index (κ1) is 22.7. The number of halogens is 3. The van der Waals surface area contributed by atoms with Gasteiger partial charge < -0.3 is 14.5 Å². The number of pyridine rings is 1. The van der Waals surface area contributed by atoms with Crippen molar-refractivity contribution in [2.75, 3.05) is 32.7 Å². The number of ether oxygens (including phenoxy) is 1. The Hall–Kier alpha value is -2.45. The molecular formula is C24H28F3N3O2. The van der Waals surface area contributed by atoms with Gasteiger partial charge in [-0.15, -0.1) is 0 Å². The summed E-state index contributed by atoms with van der Waals surface area (Å²) in [7, 11) is 0. The molecule has 32 heavy (non-hydrogen) atoms. The van der Waals surface area contributed by atoms with Crippen LogP contribution in [0, 0.1) is 0 Å². The number of alkyl halides is 3. The lowest BCUT2D eigenvalue weighted by Crippen LogP contribution is -2.60. The molecule has 5 nitrogen and oxygen atoms in total. The molecule has 4 rings (SSSR count). The Morgan fingerprint density at radius 3 is 2.50 bits per heavy atom. The summed E-state index contributed by atoms with van der Waals surface area (Å²) in [5, 5.41) is 0. The highest BCUT2D eigenvalue weighted by Gasteiger charge is 2.43. The van der Waals surface area contributed by atoms with E-state index in [0.29, 0.717) is 13.1 Å². The van der Waals surface area contributed by atoms with E-state index >= 15 is 0 Å². The fourth-order valence-electron chi connectivity index (χ4n) is 4.62. The Kier molecular flexibility index (Phi) is 6.53. The second-order valence-corrected chi connectivity index (χ2v) is 8.80. The molecule has 2 aliphatic rings. The number of benzene rings is 1. The van der Waals surface area contributed by atoms with Crippen molar-refractivity contribution in [3.63, 3.8) is 0 Å². The van der Waals surface area contributed by atoms with E-state index in [1.54, 1.807) is 4.90 Å². The number of rotatable bonds is 4. The first-order valence-corrected chi connectivity index (χ1v) is 11.0. The highest BCUT2D eigenvalue weighted by molar-refractivity contribution is 5.92. The van der Waals surface area contributed by atoms with E-state index in [9.17, 15) is 18.0 Å². The van der Waals surface area contributed by atoms with Gasteiger partial charge in [0.05, 0.1) is 23.8 Å². The lowest BCUT2D eigenvalue weighted by molar-refractivity contribution is -0.161. The van der Waals surface area contributed by atoms with E-state index in [-0.39, 0.29) is 17.7 Å². The van der Waals surface area contributed by atoms with E-state index < -0.39 is 17.3 Å². The smallest absolute Gasteiger partial charge is 0.368 e. The van der Waals surface area contributed by atoms with Crippen molar-refractivity contribution in [2.45, 2.75) is 44.1 Å². The third kappa shape index (κ3) is 5.30. The third-order valence-corrected chi connectivity index (χ3v) is 6.33. The van der Waals surface area contributed by atoms with Crippen molar-refractivity contribution in [3.05, 3.63) is 65.5 Å². The van der Waals surface area contributed by atoms with Gasteiger partial charge in [-0.2, -0.15) is 13.2 Å². The van der Waals surface area contributed by atoms with Gasteiger partial charge in [0.15, 0.2) is 0 Å². The number of hydrogen-bond acceptors (Lipinski definition) is 4. The van der Waals surface area contributed by atoms with Gasteiger partial charge >= 0.3 is 6.18 Å². The molecule has 8 heteroatoms. The molecule has 172 valence electrons. The van der Waals surface area contributed by atoms with Crippen LogP contribution < -0.4 is 0 Å². The molecule has 2 fully saturated rings. The van der Waals surface area contributed by atoms with Crippen molar-refractivity contribution in [1.29, 1.82) is 0 Å². The van der Waals surface area contributed by atoms with Crippen molar-refractivity contribution < 1.29 is 22.7 Å².